The Balaban J connectivity index is 1.17. The smallest absolute Gasteiger partial charge is 0.338 e. The van der Waals surface area contributed by atoms with Crippen molar-refractivity contribution in [1.82, 2.24) is 24.9 Å². The van der Waals surface area contributed by atoms with Crippen LogP contribution in [0.5, 0.6) is 0 Å². The third kappa shape index (κ3) is 6.05. The lowest BCUT2D eigenvalue weighted by molar-refractivity contribution is -0.119. The highest BCUT2D eigenvalue weighted by atomic mass is 32.2. The van der Waals surface area contributed by atoms with Gasteiger partial charge in [-0.25, -0.2) is 32.9 Å². The number of nitrogens with one attached hydrogen (secondary N) is 3. The number of aromatic amines is 1. The SMILES string of the molecule is Cc1ccnc(NS(=O)(=O)c2ccc(NC(=O)COC(=O)c3ccc4nc(-c5cccnc5)[nH]c4c3)cc2)n1. The average molecular weight is 544 g/mol. The van der Waals surface area contributed by atoms with Gasteiger partial charge in [-0.2, -0.15) is 0 Å². The van der Waals surface area contributed by atoms with E-state index in [1.807, 2.05) is 6.07 Å². The number of rotatable bonds is 8. The molecule has 0 saturated heterocycles. The summed E-state index contributed by atoms with van der Waals surface area (Å²) < 4.78 is 32.6. The summed E-state index contributed by atoms with van der Waals surface area (Å²) >= 11 is 0. The zero-order valence-electron chi connectivity index (χ0n) is 20.5. The van der Waals surface area contributed by atoms with Crippen molar-refractivity contribution in [2.45, 2.75) is 11.8 Å². The Bertz CT molecular complexity index is 1770. The number of amides is 1. The number of aryl methyl sites for hydroxylation is 1. The van der Waals surface area contributed by atoms with Crippen molar-refractivity contribution in [1.29, 1.82) is 0 Å². The zero-order chi connectivity index (χ0) is 27.4. The van der Waals surface area contributed by atoms with Crippen molar-refractivity contribution in [3.05, 3.63) is 90.5 Å². The van der Waals surface area contributed by atoms with E-state index in [4.69, 9.17) is 4.74 Å². The van der Waals surface area contributed by atoms with E-state index in [1.54, 1.807) is 49.6 Å². The molecule has 13 heteroatoms. The van der Waals surface area contributed by atoms with Gasteiger partial charge in [0.1, 0.15) is 5.82 Å². The van der Waals surface area contributed by atoms with Crippen molar-refractivity contribution >= 4 is 44.6 Å². The summed E-state index contributed by atoms with van der Waals surface area (Å²) in [6, 6.07) is 15.6. The molecule has 0 spiro atoms. The maximum absolute atomic E-state index is 12.6. The van der Waals surface area contributed by atoms with Gasteiger partial charge in [-0.3, -0.25) is 9.78 Å². The summed E-state index contributed by atoms with van der Waals surface area (Å²) in [6.45, 7) is 1.18. The molecule has 1 amide bonds. The Labute approximate surface area is 222 Å². The fourth-order valence-electron chi connectivity index (χ4n) is 3.58. The lowest BCUT2D eigenvalue weighted by Crippen LogP contribution is -2.21. The number of carbonyl (C=O) groups excluding carboxylic acids is 2. The number of aromatic nitrogens is 5. The van der Waals surface area contributed by atoms with Gasteiger partial charge in [0.25, 0.3) is 15.9 Å². The van der Waals surface area contributed by atoms with Crippen LogP contribution in [0.1, 0.15) is 16.1 Å². The molecule has 3 N–H and O–H groups in total. The molecule has 0 saturated carbocycles. The molecular weight excluding hydrogens is 522 g/mol. The first kappa shape index (κ1) is 25.5. The number of nitrogens with zero attached hydrogens (tertiary/aromatic N) is 4. The van der Waals surface area contributed by atoms with Crippen LogP contribution in [0.2, 0.25) is 0 Å². The van der Waals surface area contributed by atoms with Crippen molar-refractivity contribution < 1.29 is 22.7 Å². The number of carbonyl (C=O) groups is 2. The lowest BCUT2D eigenvalue weighted by Gasteiger charge is -2.09. The van der Waals surface area contributed by atoms with Crippen LogP contribution < -0.4 is 10.0 Å². The van der Waals surface area contributed by atoms with Gasteiger partial charge >= 0.3 is 5.97 Å². The molecule has 3 heterocycles. The molecule has 3 aromatic heterocycles. The predicted molar refractivity (Wildman–Crippen MR) is 142 cm³/mol. The number of benzene rings is 2. The molecule has 0 unspecified atom stereocenters. The Morgan fingerprint density at radius 3 is 2.56 bits per heavy atom. The van der Waals surface area contributed by atoms with Gasteiger partial charge in [-0.15, -0.1) is 0 Å². The molecule has 0 aliphatic carbocycles. The van der Waals surface area contributed by atoms with Crippen molar-refractivity contribution in [3.63, 3.8) is 0 Å². The van der Waals surface area contributed by atoms with E-state index in [2.05, 4.69) is 35.0 Å². The molecule has 12 nitrogen and oxygen atoms in total. The van der Waals surface area contributed by atoms with Gasteiger partial charge in [0.15, 0.2) is 6.61 Å². The molecule has 0 radical (unpaired) electrons. The number of imidazole rings is 1. The number of esters is 1. The zero-order valence-corrected chi connectivity index (χ0v) is 21.3. The van der Waals surface area contributed by atoms with Gasteiger partial charge in [0, 0.05) is 35.5 Å². The lowest BCUT2D eigenvalue weighted by atomic mass is 10.2. The van der Waals surface area contributed by atoms with Crippen LogP contribution in [0.4, 0.5) is 11.6 Å². The first-order chi connectivity index (χ1) is 18.8. The second-order valence-electron chi connectivity index (χ2n) is 8.33. The monoisotopic (exact) mass is 543 g/mol. The first-order valence-electron chi connectivity index (χ1n) is 11.6. The molecule has 5 aromatic rings. The second-order valence-corrected chi connectivity index (χ2v) is 10.0. The number of hydrogen-bond donors (Lipinski definition) is 3. The molecule has 0 bridgehead atoms. The number of pyridine rings is 1. The van der Waals surface area contributed by atoms with Crippen molar-refractivity contribution in [3.8, 4) is 11.4 Å². The minimum atomic E-state index is -3.92. The second kappa shape index (κ2) is 10.7. The molecule has 5 rings (SSSR count). The summed E-state index contributed by atoms with van der Waals surface area (Å²) in [5.41, 5.74) is 3.27. The van der Waals surface area contributed by atoms with E-state index in [0.717, 1.165) is 5.56 Å². The molecule has 2 aromatic carbocycles. The summed E-state index contributed by atoms with van der Waals surface area (Å²) in [6.07, 6.45) is 4.79. The summed E-state index contributed by atoms with van der Waals surface area (Å²) in [4.78, 5) is 44.4. The Morgan fingerprint density at radius 1 is 1.00 bits per heavy atom. The van der Waals surface area contributed by atoms with Gasteiger partial charge in [-0.1, -0.05) is 0 Å². The van der Waals surface area contributed by atoms with Crippen LogP contribution in [0.3, 0.4) is 0 Å². The van der Waals surface area contributed by atoms with E-state index >= 15 is 0 Å². The maximum Gasteiger partial charge on any atom is 0.338 e. The van der Waals surface area contributed by atoms with Crippen LogP contribution in [0.15, 0.2) is 84.1 Å². The van der Waals surface area contributed by atoms with Crippen LogP contribution >= 0.6 is 0 Å². The van der Waals surface area contributed by atoms with Crippen molar-refractivity contribution in [2.24, 2.45) is 0 Å². The van der Waals surface area contributed by atoms with Gasteiger partial charge in [0.2, 0.25) is 5.95 Å². The highest BCUT2D eigenvalue weighted by Crippen LogP contribution is 2.21. The van der Waals surface area contributed by atoms with E-state index in [1.165, 1.54) is 30.5 Å². The number of fused-ring (bicyclic) bond motifs is 1. The predicted octanol–water partition coefficient (Wildman–Crippen LogP) is 3.32. The van der Waals surface area contributed by atoms with Gasteiger partial charge < -0.3 is 15.0 Å². The fraction of sp³-hybridized carbons (Fsp3) is 0.0769. The Morgan fingerprint density at radius 2 is 1.82 bits per heavy atom. The first-order valence-corrected chi connectivity index (χ1v) is 13.0. The normalized spacial score (nSPS) is 11.2. The molecule has 0 fully saturated rings. The van der Waals surface area contributed by atoms with Crippen molar-refractivity contribution in [2.75, 3.05) is 16.6 Å². The molecular formula is C26H21N7O5S. The quantitative estimate of drug-likeness (QED) is 0.249. The number of hydrogen-bond acceptors (Lipinski definition) is 9. The van der Waals surface area contributed by atoms with E-state index < -0.39 is 28.5 Å². The van der Waals surface area contributed by atoms with Crippen LogP contribution in [-0.4, -0.2) is 51.8 Å². The van der Waals surface area contributed by atoms with Crippen LogP contribution in [-0.2, 0) is 19.6 Å². The molecule has 196 valence electrons. The van der Waals surface area contributed by atoms with E-state index in [-0.39, 0.29) is 16.4 Å². The third-order valence-corrected chi connectivity index (χ3v) is 6.80. The van der Waals surface area contributed by atoms with Crippen LogP contribution in [0.25, 0.3) is 22.4 Å². The largest absolute Gasteiger partial charge is 0.452 e. The molecule has 0 aliphatic rings. The average Bonchev–Trinajstić information content (AvgIpc) is 3.36. The fourth-order valence-corrected chi connectivity index (χ4v) is 4.53. The minimum Gasteiger partial charge on any atom is -0.452 e. The number of ether oxygens (including phenoxy) is 1. The Hall–Kier alpha value is -5.17. The van der Waals surface area contributed by atoms with Crippen LogP contribution in [0, 0.1) is 6.92 Å². The molecule has 39 heavy (non-hydrogen) atoms. The summed E-state index contributed by atoms with van der Waals surface area (Å²) in [7, 11) is -3.92. The Kier molecular flexibility index (Phi) is 6.97. The summed E-state index contributed by atoms with van der Waals surface area (Å²) in [5, 5.41) is 2.56. The molecule has 0 aliphatic heterocycles. The summed E-state index contributed by atoms with van der Waals surface area (Å²) in [5.74, 6) is -0.710. The topological polar surface area (TPSA) is 169 Å². The van der Waals surface area contributed by atoms with Gasteiger partial charge in [0.05, 0.1) is 21.5 Å². The highest BCUT2D eigenvalue weighted by molar-refractivity contribution is 7.92. The van der Waals surface area contributed by atoms with E-state index in [0.29, 0.717) is 28.2 Å². The highest BCUT2D eigenvalue weighted by Gasteiger charge is 2.17. The third-order valence-electron chi connectivity index (χ3n) is 5.46. The van der Waals surface area contributed by atoms with E-state index in [9.17, 15) is 18.0 Å². The maximum atomic E-state index is 12.6. The standard InChI is InChI=1S/C26H21N7O5S/c1-16-10-12-28-26(29-16)33-39(36,37)20-7-5-19(6-8-20)30-23(34)15-38-25(35)17-4-9-21-22(13-17)32-24(31-21)18-3-2-11-27-14-18/h2-14H,15H2,1H3,(H,30,34)(H,31,32)(H,28,29,33). The number of H-pyrrole nitrogens is 1. The van der Waals surface area contributed by atoms with Gasteiger partial charge in [-0.05, 0) is 67.6 Å². The number of sulfonamides is 1. The molecule has 0 atom stereocenters. The minimum absolute atomic E-state index is 0.0436. The number of anilines is 2.